The number of benzene rings is 1. The Balaban J connectivity index is 2.00. The Kier molecular flexibility index (Phi) is 9.23. The van der Waals surface area contributed by atoms with E-state index >= 15 is 0 Å². The Morgan fingerprint density at radius 3 is 2.43 bits per heavy atom. The van der Waals surface area contributed by atoms with Gasteiger partial charge in [-0.05, 0) is 24.1 Å². The van der Waals surface area contributed by atoms with Crippen LogP contribution in [0.3, 0.4) is 0 Å². The van der Waals surface area contributed by atoms with Gasteiger partial charge in [0.15, 0.2) is 5.96 Å². The molecular weight excluding hydrogens is 382 g/mol. The highest BCUT2D eigenvalue weighted by Crippen LogP contribution is 2.25. The summed E-state index contributed by atoms with van der Waals surface area (Å²) < 4.78 is 10.9. The Morgan fingerprint density at radius 2 is 1.87 bits per heavy atom. The van der Waals surface area contributed by atoms with Gasteiger partial charge in [0.1, 0.15) is 18.0 Å². The van der Waals surface area contributed by atoms with Crippen molar-refractivity contribution in [3.8, 4) is 11.5 Å². The summed E-state index contributed by atoms with van der Waals surface area (Å²) in [5.41, 5.74) is 1.12. The summed E-state index contributed by atoms with van der Waals surface area (Å²) in [7, 11) is 6.88. The number of aliphatic imine (C=N–C) groups is 1. The number of piperazine rings is 1. The smallest absolute Gasteiger partial charge is 0.243 e. The molecule has 1 aliphatic heterocycles. The molecule has 2 rings (SSSR count). The molecule has 0 atom stereocenters. The van der Waals surface area contributed by atoms with Crippen molar-refractivity contribution in [1.29, 1.82) is 0 Å². The van der Waals surface area contributed by atoms with Crippen LogP contribution in [0.5, 0.6) is 11.5 Å². The van der Waals surface area contributed by atoms with E-state index in [0.717, 1.165) is 62.3 Å². The van der Waals surface area contributed by atoms with Crippen LogP contribution in [0.1, 0.15) is 19.4 Å². The van der Waals surface area contributed by atoms with Gasteiger partial charge in [0.25, 0.3) is 0 Å². The molecule has 30 heavy (non-hydrogen) atoms. The largest absolute Gasteiger partial charge is 0.497 e. The third kappa shape index (κ3) is 7.09. The van der Waals surface area contributed by atoms with E-state index in [-0.39, 0.29) is 12.5 Å². The van der Waals surface area contributed by atoms with Crippen molar-refractivity contribution < 1.29 is 14.3 Å². The first kappa shape index (κ1) is 23.8. The van der Waals surface area contributed by atoms with E-state index in [1.807, 2.05) is 18.2 Å². The van der Waals surface area contributed by atoms with Crippen LogP contribution < -0.4 is 14.8 Å². The maximum absolute atomic E-state index is 12.0. The van der Waals surface area contributed by atoms with Crippen molar-refractivity contribution in [1.82, 2.24) is 20.0 Å². The monoisotopic (exact) mass is 419 g/mol. The number of hydrogen-bond donors (Lipinski definition) is 1. The highest BCUT2D eigenvalue weighted by molar-refractivity contribution is 5.84. The molecule has 1 saturated heterocycles. The fourth-order valence-electron chi connectivity index (χ4n) is 3.21. The van der Waals surface area contributed by atoms with Crippen LogP contribution in [-0.4, -0.2) is 94.1 Å². The minimum absolute atomic E-state index is 0.00241. The zero-order valence-corrected chi connectivity index (χ0v) is 19.3. The molecule has 1 aromatic rings. The molecule has 168 valence electrons. The van der Waals surface area contributed by atoms with Crippen LogP contribution in [0.25, 0.3) is 0 Å². The minimum Gasteiger partial charge on any atom is -0.497 e. The number of carbonyl (C=O) groups excluding carboxylic acids is 1. The maximum atomic E-state index is 12.0. The van der Waals surface area contributed by atoms with Crippen molar-refractivity contribution in [3.05, 3.63) is 23.8 Å². The fourth-order valence-corrected chi connectivity index (χ4v) is 3.21. The topological polar surface area (TPSA) is 69.6 Å². The Hall–Kier alpha value is -2.48. The van der Waals surface area contributed by atoms with Gasteiger partial charge in [-0.3, -0.25) is 9.69 Å². The van der Waals surface area contributed by atoms with Crippen molar-refractivity contribution in [2.75, 3.05) is 67.6 Å². The number of hydrogen-bond acceptors (Lipinski definition) is 5. The molecular formula is C22H37N5O3. The molecule has 8 nitrogen and oxygen atoms in total. The summed E-state index contributed by atoms with van der Waals surface area (Å²) in [6, 6.07) is 5.90. The van der Waals surface area contributed by atoms with Crippen LogP contribution >= 0.6 is 0 Å². The van der Waals surface area contributed by atoms with Crippen molar-refractivity contribution in [3.63, 3.8) is 0 Å². The van der Waals surface area contributed by atoms with Crippen molar-refractivity contribution in [2.24, 2.45) is 10.9 Å². The third-order valence-corrected chi connectivity index (χ3v) is 5.08. The summed E-state index contributed by atoms with van der Waals surface area (Å²) in [4.78, 5) is 22.8. The minimum atomic E-state index is 0.00241. The van der Waals surface area contributed by atoms with Gasteiger partial charge in [-0.2, -0.15) is 0 Å². The first-order valence-electron chi connectivity index (χ1n) is 10.5. The standard InChI is InChI=1S/C22H37N5O3/c1-17(2)14-23-22(24-15-21(28)25(3)4)27-11-9-26(10-12-27)16-18-13-19(29-5)7-8-20(18)30-6/h7-8,13,17H,9-12,14-16H2,1-6H3,(H,23,24). The normalized spacial score (nSPS) is 15.3. The molecule has 1 aromatic carbocycles. The van der Waals surface area contributed by atoms with E-state index in [1.54, 1.807) is 33.2 Å². The van der Waals surface area contributed by atoms with Crippen molar-refractivity contribution >= 4 is 11.9 Å². The average molecular weight is 420 g/mol. The number of amides is 1. The zero-order valence-electron chi connectivity index (χ0n) is 19.3. The second-order valence-corrected chi connectivity index (χ2v) is 8.14. The fraction of sp³-hybridized carbons (Fsp3) is 0.636. The van der Waals surface area contributed by atoms with Gasteiger partial charge in [0.2, 0.25) is 5.91 Å². The molecule has 1 N–H and O–H groups in total. The Bertz CT molecular complexity index is 713. The number of likely N-dealkylation sites (N-methyl/N-ethyl adjacent to an activating group) is 1. The van der Waals surface area contributed by atoms with Gasteiger partial charge in [-0.1, -0.05) is 13.8 Å². The highest BCUT2D eigenvalue weighted by atomic mass is 16.5. The van der Waals surface area contributed by atoms with E-state index in [1.165, 1.54) is 0 Å². The van der Waals surface area contributed by atoms with Crippen LogP contribution in [0, 0.1) is 5.92 Å². The lowest BCUT2D eigenvalue weighted by molar-refractivity contribution is -0.127. The lowest BCUT2D eigenvalue weighted by Crippen LogP contribution is -2.52. The average Bonchev–Trinajstić information content (AvgIpc) is 2.74. The van der Waals surface area contributed by atoms with Gasteiger partial charge in [0, 0.05) is 58.9 Å². The molecule has 1 fully saturated rings. The molecule has 0 bridgehead atoms. The van der Waals surface area contributed by atoms with Gasteiger partial charge in [-0.25, -0.2) is 4.99 Å². The van der Waals surface area contributed by atoms with E-state index in [4.69, 9.17) is 9.47 Å². The van der Waals surface area contributed by atoms with E-state index in [2.05, 4.69) is 34.0 Å². The summed E-state index contributed by atoms with van der Waals surface area (Å²) in [5.74, 6) is 3.03. The van der Waals surface area contributed by atoms with Crippen LogP contribution in [0.4, 0.5) is 0 Å². The van der Waals surface area contributed by atoms with E-state index in [9.17, 15) is 4.79 Å². The van der Waals surface area contributed by atoms with Gasteiger partial charge in [-0.15, -0.1) is 0 Å². The number of ether oxygens (including phenoxy) is 2. The van der Waals surface area contributed by atoms with E-state index in [0.29, 0.717) is 5.92 Å². The first-order chi connectivity index (χ1) is 14.3. The molecule has 1 heterocycles. The number of guanidine groups is 1. The third-order valence-electron chi connectivity index (χ3n) is 5.08. The molecule has 0 unspecified atom stereocenters. The molecule has 8 heteroatoms. The maximum Gasteiger partial charge on any atom is 0.243 e. The quantitative estimate of drug-likeness (QED) is 0.509. The number of carbonyl (C=O) groups is 1. The van der Waals surface area contributed by atoms with Crippen LogP contribution in [-0.2, 0) is 11.3 Å². The van der Waals surface area contributed by atoms with Gasteiger partial charge >= 0.3 is 0 Å². The van der Waals surface area contributed by atoms with Crippen LogP contribution in [0.15, 0.2) is 23.2 Å². The summed E-state index contributed by atoms with van der Waals surface area (Å²) in [5, 5.41) is 3.43. The number of methoxy groups -OCH3 is 2. The SMILES string of the molecule is COc1ccc(OC)c(CN2CCN(C(=NCC(=O)N(C)C)NCC(C)C)CC2)c1. The summed E-state index contributed by atoms with van der Waals surface area (Å²) >= 11 is 0. The molecule has 0 saturated carbocycles. The molecule has 0 aliphatic carbocycles. The van der Waals surface area contributed by atoms with Crippen molar-refractivity contribution in [2.45, 2.75) is 20.4 Å². The van der Waals surface area contributed by atoms with Gasteiger partial charge in [0.05, 0.1) is 14.2 Å². The summed E-state index contributed by atoms with van der Waals surface area (Å²) in [6.07, 6.45) is 0. The Labute approximate surface area is 180 Å². The number of nitrogens with zero attached hydrogens (tertiary/aromatic N) is 4. The molecule has 0 aromatic heterocycles. The Morgan fingerprint density at radius 1 is 1.17 bits per heavy atom. The number of rotatable bonds is 8. The first-order valence-corrected chi connectivity index (χ1v) is 10.5. The molecule has 1 aliphatic rings. The summed E-state index contributed by atoms with van der Waals surface area (Å²) in [6.45, 7) is 9.64. The predicted octanol–water partition coefficient (Wildman–Crippen LogP) is 1.51. The van der Waals surface area contributed by atoms with E-state index < -0.39 is 0 Å². The van der Waals surface area contributed by atoms with Gasteiger partial charge < -0.3 is 24.6 Å². The van der Waals surface area contributed by atoms with Crippen LogP contribution in [0.2, 0.25) is 0 Å². The number of nitrogens with one attached hydrogen (secondary N) is 1. The molecule has 0 radical (unpaired) electrons. The second-order valence-electron chi connectivity index (χ2n) is 8.14. The second kappa shape index (κ2) is 11.6. The molecule has 1 amide bonds. The molecule has 0 spiro atoms. The zero-order chi connectivity index (χ0) is 22.1. The predicted molar refractivity (Wildman–Crippen MR) is 120 cm³/mol. The lowest BCUT2D eigenvalue weighted by Gasteiger charge is -2.37. The highest BCUT2D eigenvalue weighted by Gasteiger charge is 2.21. The lowest BCUT2D eigenvalue weighted by atomic mass is 10.1.